The van der Waals surface area contributed by atoms with E-state index in [1.807, 2.05) is 6.07 Å². The van der Waals surface area contributed by atoms with Gasteiger partial charge in [-0.1, -0.05) is 35.7 Å². The zero-order valence-corrected chi connectivity index (χ0v) is 14.5. The second kappa shape index (κ2) is 7.51. The van der Waals surface area contributed by atoms with E-state index in [1.54, 1.807) is 11.8 Å². The highest BCUT2D eigenvalue weighted by Crippen LogP contribution is 2.26. The van der Waals surface area contributed by atoms with Crippen LogP contribution in [0.15, 0.2) is 27.6 Å². The van der Waals surface area contributed by atoms with Crippen LogP contribution in [0.3, 0.4) is 0 Å². The lowest BCUT2D eigenvalue weighted by molar-refractivity contribution is -0.119. The Morgan fingerprint density at radius 2 is 2.15 bits per heavy atom. The average Bonchev–Trinajstić information content (AvgIpc) is 2.40. The SMILES string of the molecule is Cc1cc(Br)ccc1SCC(=O)N[C@H]1CCCC[C@@H]1C. The second-order valence-corrected chi connectivity index (χ2v) is 7.57. The van der Waals surface area contributed by atoms with Crippen LogP contribution in [-0.2, 0) is 4.79 Å². The molecule has 0 bridgehead atoms. The fourth-order valence-corrected chi connectivity index (χ4v) is 3.99. The van der Waals surface area contributed by atoms with Crippen LogP contribution < -0.4 is 5.32 Å². The van der Waals surface area contributed by atoms with Crippen LogP contribution in [0.5, 0.6) is 0 Å². The van der Waals surface area contributed by atoms with Gasteiger partial charge in [-0.15, -0.1) is 11.8 Å². The molecule has 0 spiro atoms. The van der Waals surface area contributed by atoms with Crippen LogP contribution in [-0.4, -0.2) is 17.7 Å². The van der Waals surface area contributed by atoms with Crippen molar-refractivity contribution in [1.82, 2.24) is 5.32 Å². The monoisotopic (exact) mass is 355 g/mol. The van der Waals surface area contributed by atoms with Gasteiger partial charge < -0.3 is 5.32 Å². The summed E-state index contributed by atoms with van der Waals surface area (Å²) in [4.78, 5) is 13.2. The lowest BCUT2D eigenvalue weighted by atomic mass is 9.86. The Labute approximate surface area is 134 Å². The molecule has 2 atom stereocenters. The highest BCUT2D eigenvalue weighted by Gasteiger charge is 2.22. The molecule has 0 saturated heterocycles. The molecule has 1 amide bonds. The topological polar surface area (TPSA) is 29.1 Å². The number of hydrogen-bond acceptors (Lipinski definition) is 2. The van der Waals surface area contributed by atoms with Crippen LogP contribution in [0, 0.1) is 12.8 Å². The van der Waals surface area contributed by atoms with Gasteiger partial charge in [0.05, 0.1) is 5.75 Å². The summed E-state index contributed by atoms with van der Waals surface area (Å²) in [5, 5.41) is 3.20. The number of rotatable bonds is 4. The summed E-state index contributed by atoms with van der Waals surface area (Å²) in [5.41, 5.74) is 1.21. The number of amides is 1. The number of nitrogens with one attached hydrogen (secondary N) is 1. The molecular formula is C16H22BrNOS. The summed E-state index contributed by atoms with van der Waals surface area (Å²) in [6.45, 7) is 4.32. The third-order valence-electron chi connectivity index (χ3n) is 3.95. The summed E-state index contributed by atoms with van der Waals surface area (Å²) >= 11 is 5.08. The van der Waals surface area contributed by atoms with Gasteiger partial charge in [-0.05, 0) is 49.4 Å². The Kier molecular flexibility index (Phi) is 5.97. The minimum atomic E-state index is 0.163. The molecule has 2 rings (SSSR count). The van der Waals surface area contributed by atoms with Gasteiger partial charge in [0.2, 0.25) is 5.91 Å². The molecule has 0 unspecified atom stereocenters. The first-order chi connectivity index (χ1) is 9.56. The van der Waals surface area contributed by atoms with Gasteiger partial charge in [-0.2, -0.15) is 0 Å². The number of halogens is 1. The highest BCUT2D eigenvalue weighted by atomic mass is 79.9. The largest absolute Gasteiger partial charge is 0.352 e. The molecule has 1 aliphatic carbocycles. The Bertz CT molecular complexity index is 478. The van der Waals surface area contributed by atoms with E-state index in [1.165, 1.54) is 29.7 Å². The molecule has 4 heteroatoms. The van der Waals surface area contributed by atoms with E-state index < -0.39 is 0 Å². The molecule has 1 aromatic rings. The van der Waals surface area contributed by atoms with Gasteiger partial charge in [0.25, 0.3) is 0 Å². The second-order valence-electron chi connectivity index (χ2n) is 5.63. The third-order valence-corrected chi connectivity index (χ3v) is 5.62. The van der Waals surface area contributed by atoms with E-state index in [0.29, 0.717) is 17.7 Å². The van der Waals surface area contributed by atoms with E-state index in [-0.39, 0.29) is 5.91 Å². The summed E-state index contributed by atoms with van der Waals surface area (Å²) in [7, 11) is 0. The van der Waals surface area contributed by atoms with Crippen molar-refractivity contribution in [3.05, 3.63) is 28.2 Å². The van der Waals surface area contributed by atoms with Gasteiger partial charge in [-0.25, -0.2) is 0 Å². The molecule has 0 aliphatic heterocycles. The first-order valence-electron chi connectivity index (χ1n) is 7.24. The van der Waals surface area contributed by atoms with Crippen molar-refractivity contribution in [2.24, 2.45) is 5.92 Å². The highest BCUT2D eigenvalue weighted by molar-refractivity contribution is 9.10. The zero-order valence-electron chi connectivity index (χ0n) is 12.1. The van der Waals surface area contributed by atoms with E-state index in [0.717, 1.165) is 10.9 Å². The molecular weight excluding hydrogens is 334 g/mol. The number of hydrogen-bond donors (Lipinski definition) is 1. The Hall–Kier alpha value is -0.480. The predicted molar refractivity (Wildman–Crippen MR) is 89.2 cm³/mol. The smallest absolute Gasteiger partial charge is 0.230 e. The summed E-state index contributed by atoms with van der Waals surface area (Å²) in [5.74, 6) is 1.29. The molecule has 110 valence electrons. The first-order valence-corrected chi connectivity index (χ1v) is 9.02. The Balaban J connectivity index is 1.82. The Morgan fingerprint density at radius 1 is 1.40 bits per heavy atom. The minimum absolute atomic E-state index is 0.163. The van der Waals surface area contributed by atoms with Crippen molar-refractivity contribution >= 4 is 33.6 Å². The number of carbonyl (C=O) groups is 1. The fraction of sp³-hybridized carbons (Fsp3) is 0.562. The van der Waals surface area contributed by atoms with Crippen LogP contribution in [0.25, 0.3) is 0 Å². The lowest BCUT2D eigenvalue weighted by Crippen LogP contribution is -2.41. The number of aryl methyl sites for hydroxylation is 1. The van der Waals surface area contributed by atoms with Crippen molar-refractivity contribution in [2.75, 3.05) is 5.75 Å². The molecule has 20 heavy (non-hydrogen) atoms. The van der Waals surface area contributed by atoms with Crippen molar-refractivity contribution < 1.29 is 4.79 Å². The Morgan fingerprint density at radius 3 is 2.85 bits per heavy atom. The van der Waals surface area contributed by atoms with E-state index in [4.69, 9.17) is 0 Å². The third kappa shape index (κ3) is 4.52. The van der Waals surface area contributed by atoms with E-state index >= 15 is 0 Å². The number of carbonyl (C=O) groups excluding carboxylic acids is 1. The van der Waals surface area contributed by atoms with Crippen LogP contribution in [0.1, 0.15) is 38.2 Å². The van der Waals surface area contributed by atoms with Crippen molar-refractivity contribution in [3.8, 4) is 0 Å². The predicted octanol–water partition coefficient (Wildman–Crippen LogP) is 4.54. The molecule has 0 aromatic heterocycles. The van der Waals surface area contributed by atoms with Crippen LogP contribution in [0.2, 0.25) is 0 Å². The molecule has 1 aliphatic rings. The van der Waals surface area contributed by atoms with E-state index in [9.17, 15) is 4.79 Å². The molecule has 0 radical (unpaired) electrons. The molecule has 0 heterocycles. The van der Waals surface area contributed by atoms with Gasteiger partial charge in [0.15, 0.2) is 0 Å². The number of benzene rings is 1. The van der Waals surface area contributed by atoms with Crippen molar-refractivity contribution in [2.45, 2.75) is 50.5 Å². The maximum absolute atomic E-state index is 12.1. The molecule has 1 N–H and O–H groups in total. The van der Waals surface area contributed by atoms with Crippen molar-refractivity contribution in [3.63, 3.8) is 0 Å². The van der Waals surface area contributed by atoms with Gasteiger partial charge in [-0.3, -0.25) is 4.79 Å². The average molecular weight is 356 g/mol. The quantitative estimate of drug-likeness (QED) is 0.803. The van der Waals surface area contributed by atoms with E-state index in [2.05, 4.69) is 47.2 Å². The molecule has 2 nitrogen and oxygen atoms in total. The fourth-order valence-electron chi connectivity index (χ4n) is 2.70. The zero-order chi connectivity index (χ0) is 14.5. The van der Waals surface area contributed by atoms with Crippen LogP contribution >= 0.6 is 27.7 Å². The summed E-state index contributed by atoms with van der Waals surface area (Å²) in [6.07, 6.45) is 4.92. The molecule has 1 aromatic carbocycles. The molecule has 1 saturated carbocycles. The maximum atomic E-state index is 12.1. The summed E-state index contributed by atoms with van der Waals surface area (Å²) < 4.78 is 1.08. The van der Waals surface area contributed by atoms with Crippen molar-refractivity contribution in [1.29, 1.82) is 0 Å². The number of thioether (sulfide) groups is 1. The van der Waals surface area contributed by atoms with Crippen LogP contribution in [0.4, 0.5) is 0 Å². The summed E-state index contributed by atoms with van der Waals surface area (Å²) in [6, 6.07) is 6.56. The maximum Gasteiger partial charge on any atom is 0.230 e. The lowest BCUT2D eigenvalue weighted by Gasteiger charge is -2.29. The first kappa shape index (κ1) is 15.9. The standard InChI is InChI=1S/C16H22BrNOS/c1-11-5-3-4-6-14(11)18-16(19)10-20-15-8-7-13(17)9-12(15)2/h7-9,11,14H,3-6,10H2,1-2H3,(H,18,19)/t11-,14-/m0/s1. The minimum Gasteiger partial charge on any atom is -0.352 e. The normalized spacial score (nSPS) is 22.6. The van der Waals surface area contributed by atoms with Gasteiger partial charge in [0.1, 0.15) is 0 Å². The van der Waals surface area contributed by atoms with Gasteiger partial charge in [0, 0.05) is 15.4 Å². The molecule has 1 fully saturated rings. The van der Waals surface area contributed by atoms with Gasteiger partial charge >= 0.3 is 0 Å².